The molecule has 2 rings (SSSR count). The van der Waals surface area contributed by atoms with Crippen molar-refractivity contribution in [3.8, 4) is 5.75 Å². The van der Waals surface area contributed by atoms with Crippen LogP contribution in [0.1, 0.15) is 5.56 Å². The van der Waals surface area contributed by atoms with E-state index in [0.717, 1.165) is 5.56 Å². The lowest BCUT2D eigenvalue weighted by Gasteiger charge is -2.08. The third-order valence-corrected chi connectivity index (χ3v) is 2.93. The lowest BCUT2D eigenvalue weighted by atomic mass is 10.2. The van der Waals surface area contributed by atoms with Crippen LogP contribution in [0.3, 0.4) is 0 Å². The molecule has 2 N–H and O–H groups in total. The van der Waals surface area contributed by atoms with Crippen molar-refractivity contribution in [1.29, 1.82) is 0 Å². The Morgan fingerprint density at radius 1 is 1.24 bits per heavy atom. The first kappa shape index (κ1) is 14.9. The highest BCUT2D eigenvalue weighted by Crippen LogP contribution is 2.20. The number of halogens is 1. The molecule has 0 aromatic heterocycles. The Bertz CT molecular complexity index is 642. The summed E-state index contributed by atoms with van der Waals surface area (Å²) in [5.74, 6) is 0.239. The Morgan fingerprint density at radius 3 is 2.62 bits per heavy atom. The standard InChI is InChI=1S/C15H13ClN2O3/c16-13-3-1-2-4-14(13)18-15(19)10-21-12-7-5-11(6-8-12)9-17-20/h1-9,20H,10H2,(H,18,19)/b17-9+. The van der Waals surface area contributed by atoms with Crippen molar-refractivity contribution in [2.75, 3.05) is 11.9 Å². The second-order valence-corrected chi connectivity index (χ2v) is 4.54. The summed E-state index contributed by atoms with van der Waals surface area (Å²) in [4.78, 5) is 11.8. The SMILES string of the molecule is O=C(COc1ccc(/C=N/O)cc1)Nc1ccccc1Cl. The molecule has 0 heterocycles. The van der Waals surface area contributed by atoms with Gasteiger partial charge in [-0.05, 0) is 42.0 Å². The molecule has 108 valence electrons. The summed E-state index contributed by atoms with van der Waals surface area (Å²) in [6, 6.07) is 13.7. The van der Waals surface area contributed by atoms with Gasteiger partial charge in [0.25, 0.3) is 5.91 Å². The minimum Gasteiger partial charge on any atom is -0.484 e. The van der Waals surface area contributed by atoms with Gasteiger partial charge in [0.05, 0.1) is 16.9 Å². The van der Waals surface area contributed by atoms with E-state index in [-0.39, 0.29) is 12.5 Å². The van der Waals surface area contributed by atoms with Crippen molar-refractivity contribution in [1.82, 2.24) is 0 Å². The summed E-state index contributed by atoms with van der Waals surface area (Å²) in [6.07, 6.45) is 1.30. The van der Waals surface area contributed by atoms with E-state index < -0.39 is 0 Å². The van der Waals surface area contributed by atoms with E-state index in [2.05, 4.69) is 10.5 Å². The monoisotopic (exact) mass is 304 g/mol. The molecule has 21 heavy (non-hydrogen) atoms. The van der Waals surface area contributed by atoms with Crippen LogP contribution in [0.15, 0.2) is 53.7 Å². The number of benzene rings is 2. The second kappa shape index (κ2) is 7.31. The van der Waals surface area contributed by atoms with Crippen molar-refractivity contribution >= 4 is 29.4 Å². The van der Waals surface area contributed by atoms with Gasteiger partial charge in [-0.25, -0.2) is 0 Å². The molecule has 2 aromatic carbocycles. The number of carbonyl (C=O) groups excluding carboxylic acids is 1. The average Bonchev–Trinajstić information content (AvgIpc) is 2.49. The van der Waals surface area contributed by atoms with Crippen molar-refractivity contribution in [2.45, 2.75) is 0 Å². The van der Waals surface area contributed by atoms with Crippen LogP contribution in [0, 0.1) is 0 Å². The number of amides is 1. The van der Waals surface area contributed by atoms with Crippen LogP contribution < -0.4 is 10.1 Å². The highest BCUT2D eigenvalue weighted by molar-refractivity contribution is 6.33. The van der Waals surface area contributed by atoms with Crippen LogP contribution in [-0.4, -0.2) is 23.9 Å². The smallest absolute Gasteiger partial charge is 0.262 e. The molecule has 0 aliphatic heterocycles. The summed E-state index contributed by atoms with van der Waals surface area (Å²) in [6.45, 7) is -0.126. The third-order valence-electron chi connectivity index (χ3n) is 2.60. The lowest BCUT2D eigenvalue weighted by molar-refractivity contribution is -0.118. The molecular formula is C15H13ClN2O3. The van der Waals surface area contributed by atoms with Crippen molar-refractivity contribution in [3.05, 3.63) is 59.1 Å². The van der Waals surface area contributed by atoms with Gasteiger partial charge in [0.2, 0.25) is 0 Å². The molecule has 0 saturated carbocycles. The number of hydrogen-bond acceptors (Lipinski definition) is 4. The maximum absolute atomic E-state index is 11.8. The molecule has 0 bridgehead atoms. The molecule has 0 radical (unpaired) electrons. The zero-order valence-corrected chi connectivity index (χ0v) is 11.7. The Morgan fingerprint density at radius 2 is 1.95 bits per heavy atom. The number of carbonyl (C=O) groups is 1. The molecule has 0 saturated heterocycles. The van der Waals surface area contributed by atoms with Gasteiger partial charge >= 0.3 is 0 Å². The normalized spacial score (nSPS) is 10.5. The number of hydrogen-bond donors (Lipinski definition) is 2. The predicted octanol–water partition coefficient (Wildman–Crippen LogP) is 3.17. The van der Waals surface area contributed by atoms with E-state index in [1.54, 1.807) is 48.5 Å². The molecule has 0 unspecified atom stereocenters. The Balaban J connectivity index is 1.88. The zero-order valence-electron chi connectivity index (χ0n) is 11.0. The summed E-state index contributed by atoms with van der Waals surface area (Å²) in [5.41, 5.74) is 1.27. The summed E-state index contributed by atoms with van der Waals surface area (Å²) in [7, 11) is 0. The minimum absolute atomic E-state index is 0.126. The maximum atomic E-state index is 11.8. The number of oxime groups is 1. The number of rotatable bonds is 5. The molecule has 0 spiro atoms. The highest BCUT2D eigenvalue weighted by atomic mass is 35.5. The predicted molar refractivity (Wildman–Crippen MR) is 81.4 cm³/mol. The van der Waals surface area contributed by atoms with E-state index >= 15 is 0 Å². The summed E-state index contributed by atoms with van der Waals surface area (Å²) < 4.78 is 5.35. The molecule has 0 fully saturated rings. The minimum atomic E-state index is -0.302. The topological polar surface area (TPSA) is 70.9 Å². The van der Waals surface area contributed by atoms with Crippen LogP contribution in [0.2, 0.25) is 5.02 Å². The van der Waals surface area contributed by atoms with Crippen LogP contribution in [0.25, 0.3) is 0 Å². The van der Waals surface area contributed by atoms with Gasteiger partial charge in [0, 0.05) is 0 Å². The number of ether oxygens (including phenoxy) is 1. The Hall–Kier alpha value is -2.53. The van der Waals surface area contributed by atoms with E-state index in [0.29, 0.717) is 16.5 Å². The molecule has 0 aliphatic rings. The van der Waals surface area contributed by atoms with Crippen LogP contribution in [0.5, 0.6) is 5.75 Å². The van der Waals surface area contributed by atoms with E-state index in [4.69, 9.17) is 21.5 Å². The fraction of sp³-hybridized carbons (Fsp3) is 0.0667. The molecule has 1 amide bonds. The van der Waals surface area contributed by atoms with Crippen molar-refractivity contribution in [3.63, 3.8) is 0 Å². The molecule has 2 aromatic rings. The number of anilines is 1. The quantitative estimate of drug-likeness (QED) is 0.506. The van der Waals surface area contributed by atoms with Crippen LogP contribution in [0.4, 0.5) is 5.69 Å². The molecule has 0 atom stereocenters. The Kier molecular flexibility index (Phi) is 5.17. The van der Waals surface area contributed by atoms with Gasteiger partial charge in [0.15, 0.2) is 6.61 Å². The van der Waals surface area contributed by atoms with Gasteiger partial charge in [0.1, 0.15) is 5.75 Å². The van der Waals surface area contributed by atoms with Gasteiger partial charge < -0.3 is 15.3 Å². The first-order valence-corrected chi connectivity index (χ1v) is 6.51. The van der Waals surface area contributed by atoms with Gasteiger partial charge in [-0.2, -0.15) is 0 Å². The average molecular weight is 305 g/mol. The van der Waals surface area contributed by atoms with Gasteiger partial charge in [-0.1, -0.05) is 28.9 Å². The molecular weight excluding hydrogens is 292 g/mol. The van der Waals surface area contributed by atoms with Crippen LogP contribution in [-0.2, 0) is 4.79 Å². The summed E-state index contributed by atoms with van der Waals surface area (Å²) in [5, 5.41) is 14.5. The van der Waals surface area contributed by atoms with Crippen LogP contribution >= 0.6 is 11.6 Å². The fourth-order valence-electron chi connectivity index (χ4n) is 1.61. The first-order valence-electron chi connectivity index (χ1n) is 6.14. The molecule has 5 nitrogen and oxygen atoms in total. The largest absolute Gasteiger partial charge is 0.484 e. The lowest BCUT2D eigenvalue weighted by Crippen LogP contribution is -2.20. The third kappa shape index (κ3) is 4.50. The Labute approximate surface area is 126 Å². The van der Waals surface area contributed by atoms with Crippen molar-refractivity contribution < 1.29 is 14.7 Å². The van der Waals surface area contributed by atoms with E-state index in [1.807, 2.05) is 0 Å². The fourth-order valence-corrected chi connectivity index (χ4v) is 1.80. The first-order chi connectivity index (χ1) is 10.2. The van der Waals surface area contributed by atoms with E-state index in [1.165, 1.54) is 6.21 Å². The van der Waals surface area contributed by atoms with E-state index in [9.17, 15) is 4.79 Å². The number of nitrogens with zero attached hydrogens (tertiary/aromatic N) is 1. The summed E-state index contributed by atoms with van der Waals surface area (Å²) >= 11 is 5.94. The molecule has 6 heteroatoms. The highest BCUT2D eigenvalue weighted by Gasteiger charge is 2.06. The maximum Gasteiger partial charge on any atom is 0.262 e. The number of nitrogens with one attached hydrogen (secondary N) is 1. The van der Waals surface area contributed by atoms with Crippen molar-refractivity contribution in [2.24, 2.45) is 5.16 Å². The second-order valence-electron chi connectivity index (χ2n) is 4.13. The van der Waals surface area contributed by atoms with Gasteiger partial charge in [-0.15, -0.1) is 0 Å². The zero-order chi connectivity index (χ0) is 15.1. The van der Waals surface area contributed by atoms with Gasteiger partial charge in [-0.3, -0.25) is 4.79 Å². The number of para-hydroxylation sites is 1. The molecule has 0 aliphatic carbocycles.